The third-order valence-corrected chi connectivity index (χ3v) is 21.7. The van der Waals surface area contributed by atoms with Crippen LogP contribution in [0.1, 0.15) is 136 Å². The van der Waals surface area contributed by atoms with Crippen molar-refractivity contribution in [3.63, 3.8) is 0 Å². The molecule has 0 fully saturated rings. The summed E-state index contributed by atoms with van der Waals surface area (Å²) in [7, 11) is 0. The second-order valence-electron chi connectivity index (χ2n) is 15.6. The first-order valence-corrected chi connectivity index (χ1v) is 23.9. The topological polar surface area (TPSA) is 13.0 Å². The van der Waals surface area contributed by atoms with Gasteiger partial charge in [0.25, 0.3) is 0 Å². The molecule has 0 aliphatic rings. The minimum absolute atomic E-state index is 0.638. The third-order valence-electron chi connectivity index (χ3n) is 9.80. The van der Waals surface area contributed by atoms with Crippen molar-refractivity contribution >= 4 is 13.3 Å². The molecule has 41 heavy (non-hydrogen) atoms. The number of hydrogen-bond donors (Lipinski definition) is 0. The van der Waals surface area contributed by atoms with Gasteiger partial charge in [0.1, 0.15) is 0 Å². The summed E-state index contributed by atoms with van der Waals surface area (Å²) in [6, 6.07) is 5.10. The molecule has 0 amide bonds. The molecule has 0 saturated heterocycles. The molecule has 0 aromatic carbocycles. The summed E-state index contributed by atoms with van der Waals surface area (Å²) < 4.78 is 0. The van der Waals surface area contributed by atoms with Crippen LogP contribution in [0.4, 0.5) is 0 Å². The summed E-state index contributed by atoms with van der Waals surface area (Å²) in [5, 5.41) is 6.25. The molecule has 0 radical (unpaired) electrons. The first-order valence-electron chi connectivity index (χ1n) is 18.0. The fraction of sp³-hybridized carbons (Fsp3) is 1.00. The molecule has 0 spiro atoms. The number of nitrogens with zero attached hydrogens (tertiary/aromatic N) is 4. The van der Waals surface area contributed by atoms with E-state index in [0.29, 0.717) is 48.3 Å². The fourth-order valence-electron chi connectivity index (χ4n) is 7.75. The van der Waals surface area contributed by atoms with Gasteiger partial charge >= 0.3 is 265 Å². The van der Waals surface area contributed by atoms with Gasteiger partial charge in [-0.1, -0.05) is 0 Å². The maximum absolute atomic E-state index is 2.74. The molecular weight excluding hydrogens is 561 g/mol. The second-order valence-corrected chi connectivity index (χ2v) is 26.1. The average Bonchev–Trinajstić information content (AvgIpc) is 2.82. The van der Waals surface area contributed by atoms with E-state index in [4.69, 9.17) is 0 Å². The molecular formula is C36H80GeN4. The molecule has 0 bridgehead atoms. The zero-order valence-electron chi connectivity index (χ0n) is 31.4. The van der Waals surface area contributed by atoms with Crippen LogP contribution in [0.3, 0.4) is 0 Å². The molecule has 248 valence electrons. The van der Waals surface area contributed by atoms with Crippen molar-refractivity contribution < 1.29 is 0 Å². The van der Waals surface area contributed by atoms with Gasteiger partial charge in [-0.25, -0.2) is 0 Å². The van der Waals surface area contributed by atoms with E-state index in [1.54, 1.807) is 21.0 Å². The molecule has 0 saturated carbocycles. The van der Waals surface area contributed by atoms with Gasteiger partial charge in [0.15, 0.2) is 0 Å². The van der Waals surface area contributed by atoms with Gasteiger partial charge in [-0.2, -0.15) is 0 Å². The Morgan fingerprint density at radius 2 is 0.439 bits per heavy atom. The Kier molecular flexibility index (Phi) is 21.4. The third kappa shape index (κ3) is 16.3. The summed E-state index contributed by atoms with van der Waals surface area (Å²) in [6.07, 6.45) is 5.63. The van der Waals surface area contributed by atoms with E-state index in [-0.39, 0.29) is 0 Å². The van der Waals surface area contributed by atoms with Gasteiger partial charge in [-0.3, -0.25) is 0 Å². The van der Waals surface area contributed by atoms with Gasteiger partial charge in [-0.15, -0.1) is 0 Å². The molecule has 0 aliphatic heterocycles. The van der Waals surface area contributed by atoms with Gasteiger partial charge in [0.05, 0.1) is 0 Å². The van der Waals surface area contributed by atoms with Crippen LogP contribution in [-0.4, -0.2) is 107 Å². The summed E-state index contributed by atoms with van der Waals surface area (Å²) in [5.41, 5.74) is 0. The Morgan fingerprint density at radius 3 is 0.561 bits per heavy atom. The SMILES string of the molecule is CC(C)N(CC[CH2][Ge]([CH2]CCN(C(C)C)C(C)C)([CH2]CCN(C(C)C)C(C)C)[CH2]CCN(C(C)C)C(C)C)C(C)C. The van der Waals surface area contributed by atoms with Gasteiger partial charge in [0.2, 0.25) is 0 Å². The van der Waals surface area contributed by atoms with Crippen molar-refractivity contribution in [2.75, 3.05) is 26.2 Å². The van der Waals surface area contributed by atoms with Crippen molar-refractivity contribution in [3.05, 3.63) is 0 Å². The normalized spacial score (nSPS) is 13.8. The molecule has 0 rings (SSSR count). The van der Waals surface area contributed by atoms with Crippen molar-refractivity contribution in [1.82, 2.24) is 19.6 Å². The number of rotatable bonds is 24. The predicted molar refractivity (Wildman–Crippen MR) is 191 cm³/mol. The van der Waals surface area contributed by atoms with Crippen molar-refractivity contribution in [2.45, 2.75) is 206 Å². The molecule has 5 heteroatoms. The molecule has 0 N–H and O–H groups in total. The van der Waals surface area contributed by atoms with Gasteiger partial charge < -0.3 is 0 Å². The van der Waals surface area contributed by atoms with Crippen molar-refractivity contribution in [2.24, 2.45) is 0 Å². The van der Waals surface area contributed by atoms with E-state index in [9.17, 15) is 0 Å². The van der Waals surface area contributed by atoms with Crippen LogP contribution in [-0.2, 0) is 0 Å². The molecule has 0 aliphatic carbocycles. The van der Waals surface area contributed by atoms with E-state index < -0.39 is 13.3 Å². The summed E-state index contributed by atoms with van der Waals surface area (Å²) >= 11 is -2.11. The summed E-state index contributed by atoms with van der Waals surface area (Å²) in [4.78, 5) is 11.0. The van der Waals surface area contributed by atoms with Crippen LogP contribution in [0.15, 0.2) is 0 Å². The number of hydrogen-bond acceptors (Lipinski definition) is 4. The van der Waals surface area contributed by atoms with Crippen LogP contribution in [0.2, 0.25) is 21.0 Å². The Bertz CT molecular complexity index is 488. The Morgan fingerprint density at radius 1 is 0.293 bits per heavy atom. The molecule has 0 aromatic rings. The van der Waals surface area contributed by atoms with E-state index in [2.05, 4.69) is 130 Å². The summed E-state index contributed by atoms with van der Waals surface area (Å²) in [5.74, 6) is 0. The Labute approximate surface area is 264 Å². The van der Waals surface area contributed by atoms with E-state index in [0.717, 1.165) is 0 Å². The van der Waals surface area contributed by atoms with Crippen molar-refractivity contribution in [1.29, 1.82) is 0 Å². The molecule has 0 unspecified atom stereocenters. The van der Waals surface area contributed by atoms with Gasteiger partial charge in [0, 0.05) is 0 Å². The monoisotopic (exact) mass is 643 g/mol. The summed E-state index contributed by atoms with van der Waals surface area (Å²) in [6.45, 7) is 43.3. The first-order chi connectivity index (χ1) is 19.0. The zero-order chi connectivity index (χ0) is 31.9. The minimum atomic E-state index is -2.11. The predicted octanol–water partition coefficient (Wildman–Crippen LogP) is 9.47. The van der Waals surface area contributed by atoms with E-state index in [1.807, 2.05) is 0 Å². The first kappa shape index (κ1) is 41.4. The van der Waals surface area contributed by atoms with Crippen LogP contribution in [0, 0.1) is 0 Å². The molecule has 4 nitrogen and oxygen atoms in total. The average molecular weight is 642 g/mol. The van der Waals surface area contributed by atoms with E-state index >= 15 is 0 Å². The quantitative estimate of drug-likeness (QED) is 0.0974. The fourth-order valence-corrected chi connectivity index (χ4v) is 18.5. The zero-order valence-corrected chi connectivity index (χ0v) is 33.5. The molecule has 0 aromatic heterocycles. The van der Waals surface area contributed by atoms with Gasteiger partial charge in [-0.05, 0) is 0 Å². The van der Waals surface area contributed by atoms with E-state index in [1.165, 1.54) is 51.9 Å². The molecule has 0 atom stereocenters. The van der Waals surface area contributed by atoms with Crippen LogP contribution < -0.4 is 0 Å². The second kappa shape index (κ2) is 21.2. The standard InChI is InChI=1S/C36H80GeN4/c1-29(2)38(30(3)4)25-17-21-37(22-18-26-39(31(5)6)32(7)8,23-19-27-40(33(9)10)34(11)12)24-20-28-41(35(13)14)36(15)16/h29-36H,17-28H2,1-16H3. The molecule has 0 heterocycles. The maximum atomic E-state index is 2.74. The Hall–Kier alpha value is 0.383. The van der Waals surface area contributed by atoms with Crippen LogP contribution >= 0.6 is 0 Å². The van der Waals surface area contributed by atoms with Crippen LogP contribution in [0.5, 0.6) is 0 Å². The van der Waals surface area contributed by atoms with Crippen molar-refractivity contribution in [3.8, 4) is 0 Å². The van der Waals surface area contributed by atoms with Crippen LogP contribution in [0.25, 0.3) is 0 Å². The Balaban J connectivity index is 6.01.